The van der Waals surface area contributed by atoms with E-state index in [1.807, 2.05) is 5.01 Å². The van der Waals surface area contributed by atoms with Crippen LogP contribution < -0.4 is 10.9 Å². The number of carbonyl (C=O) groups is 1. The maximum atomic E-state index is 15.6. The highest BCUT2D eigenvalue weighted by atomic mass is 19.2. The smallest absolute Gasteiger partial charge is 0.341 e. The quantitative estimate of drug-likeness (QED) is 0.766. The van der Waals surface area contributed by atoms with Crippen molar-refractivity contribution in [3.63, 3.8) is 0 Å². The molecule has 0 unspecified atom stereocenters. The minimum Gasteiger partial charge on any atom is -0.477 e. The molecule has 3 heterocycles. The molecule has 154 valence electrons. The first-order valence-corrected chi connectivity index (χ1v) is 9.87. The van der Waals surface area contributed by atoms with Crippen LogP contribution in [-0.2, 0) is 0 Å². The summed E-state index contributed by atoms with van der Waals surface area (Å²) in [6.45, 7) is 1.14. The van der Waals surface area contributed by atoms with Crippen LogP contribution in [-0.4, -0.2) is 39.8 Å². The van der Waals surface area contributed by atoms with E-state index in [1.165, 1.54) is 4.57 Å². The van der Waals surface area contributed by atoms with Gasteiger partial charge in [-0.05, 0) is 32.1 Å². The van der Waals surface area contributed by atoms with Crippen LogP contribution in [0.3, 0.4) is 0 Å². The van der Waals surface area contributed by atoms with E-state index in [9.17, 15) is 14.7 Å². The van der Waals surface area contributed by atoms with E-state index < -0.39 is 45.7 Å². The fraction of sp³-hybridized carbons (Fsp3) is 0.500. The average Bonchev–Trinajstić information content (AvgIpc) is 3.44. The number of fused-ring (bicyclic) bond motifs is 2. The van der Waals surface area contributed by atoms with Crippen LogP contribution in [0.1, 0.15) is 60.0 Å². The summed E-state index contributed by atoms with van der Waals surface area (Å²) in [5, 5.41) is 10.4. The Hall–Kier alpha value is -2.39. The van der Waals surface area contributed by atoms with Crippen molar-refractivity contribution in [1.29, 1.82) is 0 Å². The normalized spacial score (nSPS) is 24.8. The third-order valence-corrected chi connectivity index (χ3v) is 6.35. The number of hydrogen-bond acceptors (Lipinski definition) is 4. The number of halogens is 3. The molecule has 29 heavy (non-hydrogen) atoms. The van der Waals surface area contributed by atoms with Crippen molar-refractivity contribution >= 4 is 16.9 Å². The van der Waals surface area contributed by atoms with Gasteiger partial charge >= 0.3 is 5.97 Å². The van der Waals surface area contributed by atoms with Crippen molar-refractivity contribution in [2.75, 3.05) is 13.1 Å². The van der Waals surface area contributed by atoms with Crippen LogP contribution in [0.15, 0.2) is 11.0 Å². The highest BCUT2D eigenvalue weighted by molar-refractivity contribution is 5.93. The zero-order chi connectivity index (χ0) is 20.4. The Labute approximate surface area is 163 Å². The Balaban J connectivity index is 1.75. The fourth-order valence-electron chi connectivity index (χ4n) is 4.82. The Morgan fingerprint density at radius 1 is 1.10 bits per heavy atom. The maximum Gasteiger partial charge on any atom is 0.341 e. The van der Waals surface area contributed by atoms with Gasteiger partial charge in [-0.3, -0.25) is 10.2 Å². The van der Waals surface area contributed by atoms with Gasteiger partial charge in [0.05, 0.1) is 10.9 Å². The molecule has 3 aliphatic rings. The molecular formula is C20H20F3N3O3. The summed E-state index contributed by atoms with van der Waals surface area (Å²) in [5.41, 5.74) is 0.664. The van der Waals surface area contributed by atoms with Crippen LogP contribution in [0.25, 0.3) is 10.9 Å². The summed E-state index contributed by atoms with van der Waals surface area (Å²) >= 11 is 0. The first-order valence-electron chi connectivity index (χ1n) is 9.87. The van der Waals surface area contributed by atoms with E-state index in [0.717, 1.165) is 25.6 Å². The van der Waals surface area contributed by atoms with E-state index >= 15 is 13.2 Å². The Morgan fingerprint density at radius 2 is 1.86 bits per heavy atom. The predicted molar refractivity (Wildman–Crippen MR) is 98.4 cm³/mol. The molecule has 3 fully saturated rings. The molecule has 0 radical (unpaired) electrons. The zero-order valence-corrected chi connectivity index (χ0v) is 15.6. The monoisotopic (exact) mass is 407 g/mol. The molecule has 1 aromatic carbocycles. The van der Waals surface area contributed by atoms with Gasteiger partial charge in [0.2, 0.25) is 5.43 Å². The lowest BCUT2D eigenvalue weighted by Gasteiger charge is -2.29. The van der Waals surface area contributed by atoms with Crippen LogP contribution in [0.5, 0.6) is 0 Å². The van der Waals surface area contributed by atoms with E-state index in [-0.39, 0.29) is 23.2 Å². The summed E-state index contributed by atoms with van der Waals surface area (Å²) in [5.74, 6) is -5.90. The third kappa shape index (κ3) is 2.78. The molecule has 9 heteroatoms. The first-order chi connectivity index (χ1) is 13.9. The molecule has 1 aromatic heterocycles. The number of nitrogens with zero attached hydrogens (tertiary/aromatic N) is 2. The van der Waals surface area contributed by atoms with Crippen molar-refractivity contribution in [2.45, 2.75) is 50.1 Å². The number of hydrogen-bond donors (Lipinski definition) is 2. The summed E-state index contributed by atoms with van der Waals surface area (Å²) in [7, 11) is 0. The van der Waals surface area contributed by atoms with Crippen molar-refractivity contribution in [2.24, 2.45) is 0 Å². The standard InChI is InChI=1S/C20H20F3N3O3/c21-15-13(9-6-11-2-1-5-24-26(11)7-9)17(23)18-14(16(15)22)19(27)12(20(28)29)8-25(18)10-3-4-10/h8-11,24H,1-7H2,(H,28,29)/t9-,11+/m1/s1. The molecule has 0 bridgehead atoms. The molecule has 1 aliphatic carbocycles. The molecule has 0 amide bonds. The predicted octanol–water partition coefficient (Wildman–Crippen LogP) is 2.91. The van der Waals surface area contributed by atoms with Gasteiger partial charge in [0, 0.05) is 42.9 Å². The largest absolute Gasteiger partial charge is 0.477 e. The number of benzene rings is 1. The Kier molecular flexibility index (Phi) is 4.22. The summed E-state index contributed by atoms with van der Waals surface area (Å²) in [4.78, 5) is 24.0. The van der Waals surface area contributed by atoms with Gasteiger partial charge in [0.15, 0.2) is 17.5 Å². The molecule has 0 spiro atoms. The lowest BCUT2D eigenvalue weighted by molar-refractivity contribution is 0.0694. The third-order valence-electron chi connectivity index (χ3n) is 6.35. The highest BCUT2D eigenvalue weighted by Gasteiger charge is 2.40. The average molecular weight is 407 g/mol. The number of aromatic nitrogens is 1. The van der Waals surface area contributed by atoms with Crippen molar-refractivity contribution in [3.8, 4) is 0 Å². The Morgan fingerprint density at radius 3 is 2.52 bits per heavy atom. The number of carboxylic acids is 1. The summed E-state index contributed by atoms with van der Waals surface area (Å²) in [6.07, 6.45) is 4.74. The van der Waals surface area contributed by atoms with Gasteiger partial charge in [-0.15, -0.1) is 0 Å². The minimum atomic E-state index is -1.55. The number of rotatable bonds is 3. The van der Waals surface area contributed by atoms with Gasteiger partial charge in [-0.1, -0.05) is 0 Å². The first kappa shape index (κ1) is 18.6. The maximum absolute atomic E-state index is 15.6. The van der Waals surface area contributed by atoms with E-state index in [1.54, 1.807) is 0 Å². The van der Waals surface area contributed by atoms with Gasteiger partial charge in [-0.2, -0.15) is 0 Å². The molecule has 2 N–H and O–H groups in total. The molecule has 2 atom stereocenters. The van der Waals surface area contributed by atoms with E-state index in [4.69, 9.17) is 0 Å². The van der Waals surface area contributed by atoms with Crippen LogP contribution in [0, 0.1) is 17.5 Å². The minimum absolute atomic E-state index is 0.131. The van der Waals surface area contributed by atoms with Gasteiger partial charge in [0.25, 0.3) is 0 Å². The zero-order valence-electron chi connectivity index (χ0n) is 15.6. The van der Waals surface area contributed by atoms with Gasteiger partial charge in [-0.25, -0.2) is 23.0 Å². The number of aromatic carboxylic acids is 1. The van der Waals surface area contributed by atoms with Crippen molar-refractivity contribution in [3.05, 3.63) is 45.0 Å². The number of nitrogens with one attached hydrogen (secondary N) is 1. The topological polar surface area (TPSA) is 74.6 Å². The number of hydrazine groups is 1. The summed E-state index contributed by atoms with van der Waals surface area (Å²) in [6, 6.07) is -0.0914. The van der Waals surface area contributed by atoms with Gasteiger partial charge in [0.1, 0.15) is 5.56 Å². The lowest BCUT2D eigenvalue weighted by atomic mass is 9.92. The SMILES string of the molecule is O=C(O)c1cn(C2CC2)c2c(F)c([C@@H]3C[C@@H]4CCCNN4C3)c(F)c(F)c2c1=O. The molecule has 2 saturated heterocycles. The lowest BCUT2D eigenvalue weighted by Crippen LogP contribution is -2.46. The second-order valence-electron chi connectivity index (χ2n) is 8.18. The van der Waals surface area contributed by atoms with Crippen LogP contribution in [0.4, 0.5) is 13.2 Å². The second kappa shape index (κ2) is 6.56. The Bertz CT molecular complexity index is 1080. The van der Waals surface area contributed by atoms with Crippen LogP contribution in [0.2, 0.25) is 0 Å². The van der Waals surface area contributed by atoms with Crippen molar-refractivity contribution in [1.82, 2.24) is 15.0 Å². The number of carboxylic acid groups (broad SMARTS) is 1. The molecule has 5 rings (SSSR count). The van der Waals surface area contributed by atoms with Crippen molar-refractivity contribution < 1.29 is 23.1 Å². The molecule has 2 aromatic rings. The number of pyridine rings is 1. The second-order valence-corrected chi connectivity index (χ2v) is 8.18. The van der Waals surface area contributed by atoms with Crippen LogP contribution >= 0.6 is 0 Å². The van der Waals surface area contributed by atoms with E-state index in [2.05, 4.69) is 5.43 Å². The molecule has 2 aliphatic heterocycles. The van der Waals surface area contributed by atoms with E-state index in [0.29, 0.717) is 25.8 Å². The molecule has 6 nitrogen and oxygen atoms in total. The fourth-order valence-corrected chi connectivity index (χ4v) is 4.82. The summed E-state index contributed by atoms with van der Waals surface area (Å²) < 4.78 is 47.0. The molecular weight excluding hydrogens is 387 g/mol. The molecule has 1 saturated carbocycles. The van der Waals surface area contributed by atoms with Gasteiger partial charge < -0.3 is 9.67 Å². The highest BCUT2D eigenvalue weighted by Crippen LogP contribution is 2.42.